The van der Waals surface area contributed by atoms with Gasteiger partial charge >= 0.3 is 0 Å². The highest BCUT2D eigenvalue weighted by Crippen LogP contribution is 2.26. The lowest BCUT2D eigenvalue weighted by Crippen LogP contribution is -2.48. The molecule has 0 saturated carbocycles. The fourth-order valence-electron chi connectivity index (χ4n) is 3.29. The quantitative estimate of drug-likeness (QED) is 0.871. The number of carbonyl (C=O) groups excluding carboxylic acids is 1. The van der Waals surface area contributed by atoms with Gasteiger partial charge in [0.25, 0.3) is 0 Å². The predicted molar refractivity (Wildman–Crippen MR) is 86.2 cm³/mol. The molecule has 0 aromatic heterocycles. The fourth-order valence-corrected chi connectivity index (χ4v) is 3.73. The van der Waals surface area contributed by atoms with Gasteiger partial charge in [-0.2, -0.15) is 0 Å². The second-order valence-electron chi connectivity index (χ2n) is 5.68. The molecule has 2 atom stereocenters. The number of amides is 1. The Labute approximate surface area is 134 Å². The number of halogens is 2. The van der Waals surface area contributed by atoms with Crippen molar-refractivity contribution >= 4 is 34.2 Å². The molecule has 2 heterocycles. The molecule has 1 aromatic carbocycles. The van der Waals surface area contributed by atoms with E-state index < -0.39 is 0 Å². The Morgan fingerprint density at radius 2 is 2.00 bits per heavy atom. The summed E-state index contributed by atoms with van der Waals surface area (Å²) in [6.07, 6.45) is 5.17. The average Bonchev–Trinajstić information content (AvgIpc) is 2.68. The molecule has 20 heavy (non-hydrogen) atoms. The van der Waals surface area contributed by atoms with Crippen LogP contribution in [0.4, 0.5) is 0 Å². The van der Waals surface area contributed by atoms with Crippen LogP contribution < -0.4 is 10.6 Å². The lowest BCUT2D eigenvalue weighted by Gasteiger charge is -2.29. The van der Waals surface area contributed by atoms with Crippen LogP contribution in [-0.4, -0.2) is 24.0 Å². The second-order valence-corrected chi connectivity index (χ2v) is 6.60. The molecule has 0 aliphatic carbocycles. The molecular formula is C15H20BrClN2O. The summed E-state index contributed by atoms with van der Waals surface area (Å²) in [7, 11) is 0. The molecule has 1 amide bonds. The molecule has 2 saturated heterocycles. The number of nitrogens with one attached hydrogen (secondary N) is 2. The van der Waals surface area contributed by atoms with E-state index in [4.69, 9.17) is 0 Å². The summed E-state index contributed by atoms with van der Waals surface area (Å²) in [5.41, 5.74) is 1.06. The number of hydrogen-bond donors (Lipinski definition) is 2. The van der Waals surface area contributed by atoms with Gasteiger partial charge in [0, 0.05) is 22.6 Å². The van der Waals surface area contributed by atoms with Gasteiger partial charge in [-0.25, -0.2) is 0 Å². The van der Waals surface area contributed by atoms with Crippen LogP contribution in [0.15, 0.2) is 28.7 Å². The third kappa shape index (κ3) is 3.96. The molecule has 2 N–H and O–H groups in total. The van der Waals surface area contributed by atoms with Crippen molar-refractivity contribution in [2.24, 2.45) is 0 Å². The van der Waals surface area contributed by atoms with Gasteiger partial charge in [-0.15, -0.1) is 12.4 Å². The van der Waals surface area contributed by atoms with Crippen LogP contribution in [0.5, 0.6) is 0 Å². The van der Waals surface area contributed by atoms with E-state index in [1.54, 1.807) is 0 Å². The van der Waals surface area contributed by atoms with Crippen molar-refractivity contribution in [2.75, 3.05) is 0 Å². The molecule has 2 bridgehead atoms. The van der Waals surface area contributed by atoms with Crippen molar-refractivity contribution in [1.29, 1.82) is 0 Å². The summed E-state index contributed by atoms with van der Waals surface area (Å²) in [5, 5.41) is 6.79. The molecule has 5 heteroatoms. The SMILES string of the molecule is Cl.O=C(Cc1cccc(Br)c1)NC1CC2CCC(C1)N2. The lowest BCUT2D eigenvalue weighted by atomic mass is 9.99. The van der Waals surface area contributed by atoms with E-state index in [0.29, 0.717) is 24.5 Å². The Bertz CT molecular complexity index is 471. The molecule has 1 aromatic rings. The monoisotopic (exact) mass is 358 g/mol. The van der Waals surface area contributed by atoms with E-state index in [-0.39, 0.29) is 18.3 Å². The molecule has 0 spiro atoms. The summed E-state index contributed by atoms with van der Waals surface area (Å²) >= 11 is 3.43. The third-order valence-corrected chi connectivity index (χ3v) is 4.59. The van der Waals surface area contributed by atoms with Gasteiger partial charge in [0.2, 0.25) is 5.91 Å². The van der Waals surface area contributed by atoms with Crippen LogP contribution in [-0.2, 0) is 11.2 Å². The Kier molecular flexibility index (Phi) is 5.47. The van der Waals surface area contributed by atoms with E-state index in [2.05, 4.69) is 26.6 Å². The van der Waals surface area contributed by atoms with Crippen molar-refractivity contribution in [3.63, 3.8) is 0 Å². The van der Waals surface area contributed by atoms with Gasteiger partial charge in [0.1, 0.15) is 0 Å². The van der Waals surface area contributed by atoms with E-state index in [1.807, 2.05) is 24.3 Å². The summed E-state index contributed by atoms with van der Waals surface area (Å²) in [5.74, 6) is 0.143. The van der Waals surface area contributed by atoms with E-state index in [0.717, 1.165) is 22.9 Å². The number of rotatable bonds is 3. The number of fused-ring (bicyclic) bond motifs is 2. The number of carbonyl (C=O) groups is 1. The Balaban J connectivity index is 0.00000147. The van der Waals surface area contributed by atoms with Crippen molar-refractivity contribution < 1.29 is 4.79 Å². The van der Waals surface area contributed by atoms with Gasteiger partial charge in [0.05, 0.1) is 6.42 Å². The Morgan fingerprint density at radius 1 is 1.30 bits per heavy atom. The maximum absolute atomic E-state index is 12.1. The molecule has 0 radical (unpaired) electrons. The first kappa shape index (κ1) is 15.8. The van der Waals surface area contributed by atoms with Gasteiger partial charge in [-0.1, -0.05) is 28.1 Å². The number of hydrogen-bond acceptors (Lipinski definition) is 2. The number of benzene rings is 1. The number of piperidine rings is 1. The van der Waals surface area contributed by atoms with Crippen molar-refractivity contribution in [1.82, 2.24) is 10.6 Å². The van der Waals surface area contributed by atoms with Gasteiger partial charge in [-0.3, -0.25) is 4.79 Å². The smallest absolute Gasteiger partial charge is 0.224 e. The Morgan fingerprint density at radius 3 is 2.65 bits per heavy atom. The topological polar surface area (TPSA) is 41.1 Å². The molecule has 2 unspecified atom stereocenters. The minimum Gasteiger partial charge on any atom is -0.353 e. The van der Waals surface area contributed by atoms with Crippen LogP contribution >= 0.6 is 28.3 Å². The van der Waals surface area contributed by atoms with Crippen molar-refractivity contribution in [3.8, 4) is 0 Å². The van der Waals surface area contributed by atoms with Gasteiger partial charge in [0.15, 0.2) is 0 Å². The molecule has 2 aliphatic heterocycles. The van der Waals surface area contributed by atoms with Crippen molar-refractivity contribution in [3.05, 3.63) is 34.3 Å². The van der Waals surface area contributed by atoms with E-state index >= 15 is 0 Å². The Hall–Kier alpha value is -0.580. The first-order valence-corrected chi connectivity index (χ1v) is 7.78. The normalized spacial score (nSPS) is 27.8. The van der Waals surface area contributed by atoms with E-state index in [1.165, 1.54) is 12.8 Å². The third-order valence-electron chi connectivity index (χ3n) is 4.09. The fraction of sp³-hybridized carbons (Fsp3) is 0.533. The van der Waals surface area contributed by atoms with Crippen LogP contribution in [0.1, 0.15) is 31.2 Å². The zero-order valence-electron chi connectivity index (χ0n) is 11.3. The molecule has 2 fully saturated rings. The van der Waals surface area contributed by atoms with Crippen molar-refractivity contribution in [2.45, 2.75) is 50.2 Å². The molecule has 110 valence electrons. The van der Waals surface area contributed by atoms with Gasteiger partial charge < -0.3 is 10.6 Å². The first-order chi connectivity index (χ1) is 9.19. The zero-order chi connectivity index (χ0) is 13.2. The van der Waals surface area contributed by atoms with Crippen LogP contribution in [0.3, 0.4) is 0 Å². The maximum Gasteiger partial charge on any atom is 0.224 e. The van der Waals surface area contributed by atoms with Crippen LogP contribution in [0.25, 0.3) is 0 Å². The predicted octanol–water partition coefficient (Wildman–Crippen LogP) is 2.81. The standard InChI is InChI=1S/C15H19BrN2O.ClH/c16-11-3-1-2-10(6-11)7-15(19)18-14-8-12-4-5-13(9-14)17-12;/h1-3,6,12-14,17H,4-5,7-9H2,(H,18,19);1H. The molecule has 3 nitrogen and oxygen atoms in total. The second kappa shape index (κ2) is 6.92. The zero-order valence-corrected chi connectivity index (χ0v) is 13.7. The first-order valence-electron chi connectivity index (χ1n) is 6.99. The largest absolute Gasteiger partial charge is 0.353 e. The van der Waals surface area contributed by atoms with Gasteiger partial charge in [-0.05, 0) is 43.4 Å². The lowest BCUT2D eigenvalue weighted by molar-refractivity contribution is -0.121. The summed E-state index contributed by atoms with van der Waals surface area (Å²) in [6, 6.07) is 9.55. The molecule has 2 aliphatic rings. The van der Waals surface area contributed by atoms with Crippen LogP contribution in [0.2, 0.25) is 0 Å². The summed E-state index contributed by atoms with van der Waals surface area (Å²) < 4.78 is 1.03. The summed E-state index contributed by atoms with van der Waals surface area (Å²) in [4.78, 5) is 12.1. The van der Waals surface area contributed by atoms with Crippen LogP contribution in [0, 0.1) is 0 Å². The van der Waals surface area contributed by atoms with E-state index in [9.17, 15) is 4.79 Å². The minimum atomic E-state index is 0. The minimum absolute atomic E-state index is 0. The molecule has 3 rings (SSSR count). The highest BCUT2D eigenvalue weighted by atomic mass is 79.9. The highest BCUT2D eigenvalue weighted by molar-refractivity contribution is 9.10. The highest BCUT2D eigenvalue weighted by Gasteiger charge is 2.33. The molecular weight excluding hydrogens is 340 g/mol. The summed E-state index contributed by atoms with van der Waals surface area (Å²) in [6.45, 7) is 0. The maximum atomic E-state index is 12.1. The average molecular weight is 360 g/mol.